The fourth-order valence-corrected chi connectivity index (χ4v) is 1.33. The number of β-amino-alcohol motifs (C(OH)–C–C–N with tert-alkyl or cyclic N) is 1. The molecule has 10 heavy (non-hydrogen) atoms. The molecule has 0 aliphatic carbocycles. The van der Waals surface area contributed by atoms with Crippen LogP contribution < -0.4 is 5.32 Å². The maximum Gasteiger partial charge on any atom is 0.0559 e. The number of aliphatic hydroxyl groups is 1. The van der Waals surface area contributed by atoms with Gasteiger partial charge in [-0.05, 0) is 13.8 Å². The van der Waals surface area contributed by atoms with Crippen molar-refractivity contribution in [3.05, 3.63) is 0 Å². The first-order valence-corrected chi connectivity index (χ1v) is 3.73. The Kier molecular flexibility index (Phi) is 2.28. The van der Waals surface area contributed by atoms with Crippen molar-refractivity contribution in [3.63, 3.8) is 0 Å². The summed E-state index contributed by atoms with van der Waals surface area (Å²) in [6, 6.07) is 0. The summed E-state index contributed by atoms with van der Waals surface area (Å²) in [6.07, 6.45) is 0. The second kappa shape index (κ2) is 2.86. The minimum absolute atomic E-state index is 0.225. The van der Waals surface area contributed by atoms with Crippen molar-refractivity contribution in [2.75, 3.05) is 26.4 Å². The number of hydrogen-bond donors (Lipinski definition) is 2. The van der Waals surface area contributed by atoms with Gasteiger partial charge in [-0.25, -0.2) is 0 Å². The molecule has 1 aliphatic heterocycles. The second-order valence-electron chi connectivity index (χ2n) is 3.38. The second-order valence-corrected chi connectivity index (χ2v) is 3.38. The first-order chi connectivity index (χ1) is 4.67. The van der Waals surface area contributed by atoms with Crippen LogP contribution in [0.5, 0.6) is 0 Å². The molecule has 1 rings (SSSR count). The van der Waals surface area contributed by atoms with E-state index in [9.17, 15) is 0 Å². The number of nitrogens with one attached hydrogen (secondary N) is 1. The smallest absolute Gasteiger partial charge is 0.0559 e. The third-order valence-electron chi connectivity index (χ3n) is 2.09. The summed E-state index contributed by atoms with van der Waals surface area (Å²) >= 11 is 0. The van der Waals surface area contributed by atoms with Crippen LogP contribution in [0, 0.1) is 0 Å². The van der Waals surface area contributed by atoms with E-state index in [0.29, 0.717) is 0 Å². The lowest BCUT2D eigenvalue weighted by molar-refractivity contribution is 0.141. The number of nitrogens with zero attached hydrogens (tertiary/aromatic N) is 1. The zero-order valence-corrected chi connectivity index (χ0v) is 6.72. The summed E-state index contributed by atoms with van der Waals surface area (Å²) < 4.78 is 0. The standard InChI is InChI=1S/C7H16N2O/c1-7(2)5-8-6-9(7)3-4-10/h8,10H,3-6H2,1-2H3. The number of rotatable bonds is 2. The van der Waals surface area contributed by atoms with Crippen molar-refractivity contribution in [2.45, 2.75) is 19.4 Å². The Morgan fingerprint density at radius 2 is 2.30 bits per heavy atom. The summed E-state index contributed by atoms with van der Waals surface area (Å²) in [6.45, 7) is 7.33. The number of aliphatic hydroxyl groups excluding tert-OH is 1. The lowest BCUT2D eigenvalue weighted by atomic mass is 10.1. The van der Waals surface area contributed by atoms with Crippen LogP contribution in [0.1, 0.15) is 13.8 Å². The Morgan fingerprint density at radius 3 is 2.70 bits per heavy atom. The van der Waals surface area contributed by atoms with Crippen molar-refractivity contribution >= 4 is 0 Å². The normalized spacial score (nSPS) is 25.5. The monoisotopic (exact) mass is 144 g/mol. The summed E-state index contributed by atoms with van der Waals surface area (Å²) in [5.74, 6) is 0. The maximum absolute atomic E-state index is 8.69. The van der Waals surface area contributed by atoms with Gasteiger partial charge in [0.1, 0.15) is 0 Å². The molecule has 0 aromatic heterocycles. The molecule has 0 bridgehead atoms. The van der Waals surface area contributed by atoms with Crippen LogP contribution in [-0.4, -0.2) is 41.9 Å². The summed E-state index contributed by atoms with van der Waals surface area (Å²) in [5.41, 5.74) is 0.225. The van der Waals surface area contributed by atoms with E-state index in [1.54, 1.807) is 0 Å². The molecular formula is C7H16N2O. The van der Waals surface area contributed by atoms with E-state index in [2.05, 4.69) is 24.1 Å². The Balaban J connectivity index is 2.43. The maximum atomic E-state index is 8.69. The van der Waals surface area contributed by atoms with Crippen LogP contribution in [0.15, 0.2) is 0 Å². The molecule has 0 spiro atoms. The van der Waals surface area contributed by atoms with Crippen LogP contribution in [0.4, 0.5) is 0 Å². The molecule has 0 amide bonds. The highest BCUT2D eigenvalue weighted by Crippen LogP contribution is 2.15. The molecule has 0 atom stereocenters. The van der Waals surface area contributed by atoms with Gasteiger partial charge in [-0.2, -0.15) is 0 Å². The van der Waals surface area contributed by atoms with Gasteiger partial charge in [0.15, 0.2) is 0 Å². The number of hydrogen-bond acceptors (Lipinski definition) is 3. The van der Waals surface area contributed by atoms with Crippen molar-refractivity contribution in [3.8, 4) is 0 Å². The van der Waals surface area contributed by atoms with E-state index < -0.39 is 0 Å². The molecule has 1 saturated heterocycles. The van der Waals surface area contributed by atoms with E-state index in [0.717, 1.165) is 19.8 Å². The first-order valence-electron chi connectivity index (χ1n) is 3.73. The molecule has 1 heterocycles. The summed E-state index contributed by atoms with van der Waals surface area (Å²) in [7, 11) is 0. The summed E-state index contributed by atoms with van der Waals surface area (Å²) in [5, 5.41) is 12.0. The predicted octanol–water partition coefficient (Wildman–Crippen LogP) is -0.380. The van der Waals surface area contributed by atoms with Gasteiger partial charge >= 0.3 is 0 Å². The van der Waals surface area contributed by atoms with Gasteiger partial charge in [0.05, 0.1) is 6.61 Å². The van der Waals surface area contributed by atoms with Crippen molar-refractivity contribution in [1.82, 2.24) is 10.2 Å². The lowest BCUT2D eigenvalue weighted by Gasteiger charge is -2.29. The van der Waals surface area contributed by atoms with E-state index in [-0.39, 0.29) is 12.1 Å². The third kappa shape index (κ3) is 1.48. The molecule has 3 nitrogen and oxygen atoms in total. The molecule has 0 unspecified atom stereocenters. The Bertz CT molecular complexity index is 114. The van der Waals surface area contributed by atoms with Crippen LogP contribution in [0.25, 0.3) is 0 Å². The predicted molar refractivity (Wildman–Crippen MR) is 40.7 cm³/mol. The molecule has 0 saturated carbocycles. The molecule has 0 aromatic rings. The minimum Gasteiger partial charge on any atom is -0.395 e. The van der Waals surface area contributed by atoms with Crippen LogP contribution in [-0.2, 0) is 0 Å². The molecular weight excluding hydrogens is 128 g/mol. The molecule has 60 valence electrons. The van der Waals surface area contributed by atoms with Gasteiger partial charge in [-0.15, -0.1) is 0 Å². The largest absolute Gasteiger partial charge is 0.395 e. The van der Waals surface area contributed by atoms with E-state index in [4.69, 9.17) is 5.11 Å². The summed E-state index contributed by atoms with van der Waals surface area (Å²) in [4.78, 5) is 2.24. The van der Waals surface area contributed by atoms with Gasteiger partial charge in [0, 0.05) is 25.3 Å². The fourth-order valence-electron chi connectivity index (χ4n) is 1.33. The highest BCUT2D eigenvalue weighted by molar-refractivity contribution is 4.88. The Morgan fingerprint density at radius 1 is 1.60 bits per heavy atom. The topological polar surface area (TPSA) is 35.5 Å². The van der Waals surface area contributed by atoms with E-state index in [1.807, 2.05) is 0 Å². The quantitative estimate of drug-likeness (QED) is 0.554. The first kappa shape index (κ1) is 7.98. The van der Waals surface area contributed by atoms with Crippen LogP contribution in [0.3, 0.4) is 0 Å². The van der Waals surface area contributed by atoms with Gasteiger partial charge in [-0.1, -0.05) is 0 Å². The van der Waals surface area contributed by atoms with Crippen molar-refractivity contribution < 1.29 is 5.11 Å². The SMILES string of the molecule is CC1(C)CNCN1CCO. The lowest BCUT2D eigenvalue weighted by Crippen LogP contribution is -2.41. The van der Waals surface area contributed by atoms with Crippen LogP contribution >= 0.6 is 0 Å². The average Bonchev–Trinajstić information content (AvgIpc) is 2.13. The van der Waals surface area contributed by atoms with E-state index >= 15 is 0 Å². The molecule has 2 N–H and O–H groups in total. The highest BCUT2D eigenvalue weighted by Gasteiger charge is 2.30. The molecule has 3 heteroatoms. The molecule has 1 fully saturated rings. The van der Waals surface area contributed by atoms with Crippen molar-refractivity contribution in [1.29, 1.82) is 0 Å². The van der Waals surface area contributed by atoms with Gasteiger partial charge in [-0.3, -0.25) is 4.90 Å². The van der Waals surface area contributed by atoms with Gasteiger partial charge < -0.3 is 10.4 Å². The Hall–Kier alpha value is -0.120. The van der Waals surface area contributed by atoms with E-state index in [1.165, 1.54) is 0 Å². The molecule has 1 aliphatic rings. The van der Waals surface area contributed by atoms with Crippen LogP contribution in [0.2, 0.25) is 0 Å². The van der Waals surface area contributed by atoms with Gasteiger partial charge in [0.25, 0.3) is 0 Å². The molecule has 0 radical (unpaired) electrons. The third-order valence-corrected chi connectivity index (χ3v) is 2.09. The molecule has 0 aromatic carbocycles. The zero-order chi connectivity index (χ0) is 7.61. The zero-order valence-electron chi connectivity index (χ0n) is 6.72. The van der Waals surface area contributed by atoms with Crippen molar-refractivity contribution in [2.24, 2.45) is 0 Å². The van der Waals surface area contributed by atoms with Gasteiger partial charge in [0.2, 0.25) is 0 Å². The Labute approximate surface area is 62.0 Å². The fraction of sp³-hybridized carbons (Fsp3) is 1.00. The average molecular weight is 144 g/mol. The minimum atomic E-state index is 0.225. The highest BCUT2D eigenvalue weighted by atomic mass is 16.3.